The standard InChI is InChI=1S/C29H30FN3O3/c1-36-25-13-9-23(10-14-25)27(34)32-17-15-29(16-18-32)31-26(19-21-5-3-2-4-6-21)28(35)33(29)20-22-7-11-24(30)12-8-22/h2-14,26,31H,15-20H2,1H3/t26-/m1/s1. The molecule has 186 valence electrons. The number of carbonyl (C=O) groups is 2. The monoisotopic (exact) mass is 487 g/mol. The summed E-state index contributed by atoms with van der Waals surface area (Å²) in [5.74, 6) is 0.422. The van der Waals surface area contributed by atoms with Gasteiger partial charge < -0.3 is 14.5 Å². The molecule has 0 radical (unpaired) electrons. The predicted molar refractivity (Wildman–Crippen MR) is 135 cm³/mol. The van der Waals surface area contributed by atoms with Gasteiger partial charge in [0.05, 0.1) is 18.8 Å². The number of carbonyl (C=O) groups excluding carboxylic acids is 2. The zero-order chi connectivity index (χ0) is 25.1. The van der Waals surface area contributed by atoms with E-state index in [1.807, 2.05) is 40.1 Å². The Morgan fingerprint density at radius 1 is 0.972 bits per heavy atom. The topological polar surface area (TPSA) is 61.9 Å². The molecule has 2 aliphatic heterocycles. The van der Waals surface area contributed by atoms with Crippen LogP contribution in [0, 0.1) is 5.82 Å². The first-order valence-corrected chi connectivity index (χ1v) is 12.3. The van der Waals surface area contributed by atoms with Crippen molar-refractivity contribution in [1.82, 2.24) is 15.1 Å². The molecule has 2 aliphatic rings. The summed E-state index contributed by atoms with van der Waals surface area (Å²) >= 11 is 0. The Balaban J connectivity index is 1.35. The van der Waals surface area contributed by atoms with E-state index in [0.717, 1.165) is 11.1 Å². The zero-order valence-corrected chi connectivity index (χ0v) is 20.3. The quantitative estimate of drug-likeness (QED) is 0.571. The molecule has 0 aliphatic carbocycles. The largest absolute Gasteiger partial charge is 0.497 e. The van der Waals surface area contributed by atoms with Crippen LogP contribution in [0.25, 0.3) is 0 Å². The first-order chi connectivity index (χ1) is 17.5. The van der Waals surface area contributed by atoms with Crippen LogP contribution in [0.1, 0.15) is 34.3 Å². The van der Waals surface area contributed by atoms with Gasteiger partial charge in [0.25, 0.3) is 5.91 Å². The Hall–Kier alpha value is -3.71. The van der Waals surface area contributed by atoms with Crippen molar-refractivity contribution in [2.24, 2.45) is 0 Å². The molecule has 3 aromatic carbocycles. The molecule has 2 saturated heterocycles. The Bertz CT molecular complexity index is 1210. The van der Waals surface area contributed by atoms with Crippen molar-refractivity contribution >= 4 is 11.8 Å². The van der Waals surface area contributed by atoms with Crippen LogP contribution < -0.4 is 10.1 Å². The molecule has 0 unspecified atom stereocenters. The van der Waals surface area contributed by atoms with Crippen molar-refractivity contribution in [3.05, 3.63) is 101 Å². The number of hydrogen-bond donors (Lipinski definition) is 1. The minimum atomic E-state index is -0.554. The maximum Gasteiger partial charge on any atom is 0.253 e. The summed E-state index contributed by atoms with van der Waals surface area (Å²) in [5, 5.41) is 3.65. The molecule has 2 amide bonds. The van der Waals surface area contributed by atoms with Gasteiger partial charge in [-0.2, -0.15) is 0 Å². The lowest BCUT2D eigenvalue weighted by Gasteiger charge is -2.44. The van der Waals surface area contributed by atoms with Crippen LogP contribution in [-0.4, -0.2) is 53.5 Å². The van der Waals surface area contributed by atoms with Crippen molar-refractivity contribution < 1.29 is 18.7 Å². The van der Waals surface area contributed by atoms with Crippen LogP contribution in [0.4, 0.5) is 4.39 Å². The Morgan fingerprint density at radius 2 is 1.64 bits per heavy atom. The van der Waals surface area contributed by atoms with Crippen LogP contribution in [0.15, 0.2) is 78.9 Å². The molecule has 1 atom stereocenters. The molecule has 5 rings (SSSR count). The van der Waals surface area contributed by atoms with Gasteiger partial charge in [-0.1, -0.05) is 42.5 Å². The molecular formula is C29H30FN3O3. The van der Waals surface area contributed by atoms with Gasteiger partial charge in [-0.25, -0.2) is 4.39 Å². The molecule has 1 N–H and O–H groups in total. The molecule has 2 heterocycles. The fourth-order valence-electron chi connectivity index (χ4n) is 5.26. The van der Waals surface area contributed by atoms with E-state index in [1.165, 1.54) is 12.1 Å². The minimum Gasteiger partial charge on any atom is -0.497 e. The van der Waals surface area contributed by atoms with E-state index in [1.54, 1.807) is 43.5 Å². The Morgan fingerprint density at radius 3 is 2.28 bits per heavy atom. The third kappa shape index (κ3) is 4.84. The SMILES string of the molecule is COc1ccc(C(=O)N2CCC3(CC2)N[C@H](Cc2ccccc2)C(=O)N3Cc2ccc(F)cc2)cc1. The summed E-state index contributed by atoms with van der Waals surface area (Å²) in [7, 11) is 1.60. The Labute approximate surface area is 210 Å². The second-order valence-corrected chi connectivity index (χ2v) is 9.49. The molecule has 3 aromatic rings. The molecule has 0 saturated carbocycles. The van der Waals surface area contributed by atoms with Gasteiger partial charge in [-0.05, 0) is 53.9 Å². The van der Waals surface area contributed by atoms with E-state index < -0.39 is 5.66 Å². The molecule has 1 spiro atoms. The first kappa shape index (κ1) is 24.0. The van der Waals surface area contributed by atoms with Gasteiger partial charge in [-0.15, -0.1) is 0 Å². The van der Waals surface area contributed by atoms with Crippen molar-refractivity contribution in [2.45, 2.75) is 37.5 Å². The summed E-state index contributed by atoms with van der Waals surface area (Å²) in [6.07, 6.45) is 1.83. The van der Waals surface area contributed by atoms with Gasteiger partial charge >= 0.3 is 0 Å². The smallest absolute Gasteiger partial charge is 0.253 e. The van der Waals surface area contributed by atoms with Gasteiger partial charge in [-0.3, -0.25) is 14.9 Å². The Kier molecular flexibility index (Phi) is 6.74. The second-order valence-electron chi connectivity index (χ2n) is 9.49. The minimum absolute atomic E-state index is 0.0252. The highest BCUT2D eigenvalue weighted by molar-refractivity contribution is 5.94. The number of nitrogens with zero attached hydrogens (tertiary/aromatic N) is 2. The first-order valence-electron chi connectivity index (χ1n) is 12.3. The predicted octanol–water partition coefficient (Wildman–Crippen LogP) is 4.01. The lowest BCUT2D eigenvalue weighted by molar-refractivity contribution is -0.134. The molecule has 36 heavy (non-hydrogen) atoms. The zero-order valence-electron chi connectivity index (χ0n) is 20.3. The number of hydrogen-bond acceptors (Lipinski definition) is 4. The number of ether oxygens (including phenoxy) is 1. The van der Waals surface area contributed by atoms with Crippen molar-refractivity contribution in [2.75, 3.05) is 20.2 Å². The average Bonchev–Trinajstić information content (AvgIpc) is 3.15. The lowest BCUT2D eigenvalue weighted by atomic mass is 9.94. The number of piperidine rings is 1. The van der Waals surface area contributed by atoms with Crippen LogP contribution in [0.3, 0.4) is 0 Å². The highest BCUT2D eigenvalue weighted by Crippen LogP contribution is 2.35. The highest BCUT2D eigenvalue weighted by atomic mass is 19.1. The van der Waals surface area contributed by atoms with E-state index in [2.05, 4.69) is 5.32 Å². The van der Waals surface area contributed by atoms with Crippen molar-refractivity contribution in [1.29, 1.82) is 0 Å². The number of likely N-dealkylation sites (tertiary alicyclic amines) is 1. The van der Waals surface area contributed by atoms with Crippen molar-refractivity contribution in [3.8, 4) is 5.75 Å². The molecule has 7 heteroatoms. The maximum absolute atomic E-state index is 13.6. The number of rotatable bonds is 6. The van der Waals surface area contributed by atoms with Gasteiger partial charge in [0.15, 0.2) is 0 Å². The van der Waals surface area contributed by atoms with Gasteiger partial charge in [0.1, 0.15) is 11.6 Å². The molecule has 2 fully saturated rings. The van der Waals surface area contributed by atoms with Gasteiger partial charge in [0, 0.05) is 38.0 Å². The lowest BCUT2D eigenvalue weighted by Crippen LogP contribution is -2.59. The van der Waals surface area contributed by atoms with Crippen LogP contribution >= 0.6 is 0 Å². The fourth-order valence-corrected chi connectivity index (χ4v) is 5.26. The number of methoxy groups -OCH3 is 1. The van der Waals surface area contributed by atoms with E-state index in [9.17, 15) is 14.0 Å². The summed E-state index contributed by atoms with van der Waals surface area (Å²) in [4.78, 5) is 30.5. The van der Waals surface area contributed by atoms with Crippen molar-refractivity contribution in [3.63, 3.8) is 0 Å². The van der Waals surface area contributed by atoms with Gasteiger partial charge in [0.2, 0.25) is 5.91 Å². The van der Waals surface area contributed by atoms with E-state index in [4.69, 9.17) is 4.74 Å². The molecular weight excluding hydrogens is 457 g/mol. The third-order valence-electron chi connectivity index (χ3n) is 7.28. The van der Waals surface area contributed by atoms with Crippen LogP contribution in [-0.2, 0) is 17.8 Å². The van der Waals surface area contributed by atoms with E-state index >= 15 is 0 Å². The van der Waals surface area contributed by atoms with E-state index in [-0.39, 0.29) is 23.7 Å². The maximum atomic E-state index is 13.6. The molecule has 0 bridgehead atoms. The number of benzene rings is 3. The number of halogens is 1. The average molecular weight is 488 g/mol. The third-order valence-corrected chi connectivity index (χ3v) is 7.28. The van der Waals surface area contributed by atoms with Crippen LogP contribution in [0.5, 0.6) is 5.75 Å². The summed E-state index contributed by atoms with van der Waals surface area (Å²) in [5.41, 5.74) is 2.03. The fraction of sp³-hybridized carbons (Fsp3) is 0.310. The number of amides is 2. The van der Waals surface area contributed by atoms with Crippen LogP contribution in [0.2, 0.25) is 0 Å². The molecule has 6 nitrogen and oxygen atoms in total. The summed E-state index contributed by atoms with van der Waals surface area (Å²) < 4.78 is 18.7. The number of nitrogens with one attached hydrogen (secondary N) is 1. The molecule has 0 aromatic heterocycles. The summed E-state index contributed by atoms with van der Waals surface area (Å²) in [6.45, 7) is 1.45. The van der Waals surface area contributed by atoms with E-state index in [0.29, 0.717) is 50.2 Å². The normalized spacial score (nSPS) is 19.1. The highest BCUT2D eigenvalue weighted by Gasteiger charge is 2.51. The summed E-state index contributed by atoms with van der Waals surface area (Å²) in [6, 6.07) is 23.0. The second kappa shape index (κ2) is 10.1.